The van der Waals surface area contributed by atoms with Gasteiger partial charge in [-0.05, 0) is 46.4 Å². The van der Waals surface area contributed by atoms with Crippen LogP contribution in [0.15, 0.2) is 59.5 Å². The molecule has 0 saturated heterocycles. The molecule has 0 bridgehead atoms. The van der Waals surface area contributed by atoms with E-state index < -0.39 is 0 Å². The minimum Gasteiger partial charge on any atom is -0.489 e. The molecule has 1 N–H and O–H groups in total. The lowest BCUT2D eigenvalue weighted by Crippen LogP contribution is -2.06. The number of benzene rings is 2. The van der Waals surface area contributed by atoms with E-state index in [0.717, 1.165) is 11.1 Å². The first-order valence-electron chi connectivity index (χ1n) is 6.22. The predicted octanol–water partition coefficient (Wildman–Crippen LogP) is 3.71. The van der Waals surface area contributed by atoms with Crippen molar-refractivity contribution in [2.24, 2.45) is 0 Å². The van der Waals surface area contributed by atoms with Crippen molar-refractivity contribution in [2.75, 3.05) is 0 Å². The highest BCUT2D eigenvalue weighted by Crippen LogP contribution is 2.18. The number of pyridine rings is 1. The monoisotopic (exact) mass is 377 g/mol. The van der Waals surface area contributed by atoms with Crippen LogP contribution in [-0.2, 0) is 6.61 Å². The molecule has 0 radical (unpaired) electrons. The summed E-state index contributed by atoms with van der Waals surface area (Å²) < 4.78 is 6.42. The maximum Gasteiger partial charge on any atom is 0.202 e. The lowest BCUT2D eigenvalue weighted by Gasteiger charge is -2.07. The molecule has 100 valence electrons. The van der Waals surface area contributed by atoms with Gasteiger partial charge in [0.1, 0.15) is 12.4 Å². The molecule has 0 spiro atoms. The van der Waals surface area contributed by atoms with Crippen LogP contribution in [0.25, 0.3) is 10.9 Å². The first-order valence-corrected chi connectivity index (χ1v) is 7.29. The maximum atomic E-state index is 12.1. The molecule has 3 rings (SSSR count). The number of H-pyrrole nitrogens is 1. The van der Waals surface area contributed by atoms with Gasteiger partial charge in [0.15, 0.2) is 0 Å². The van der Waals surface area contributed by atoms with Gasteiger partial charge >= 0.3 is 0 Å². The summed E-state index contributed by atoms with van der Waals surface area (Å²) >= 11 is 2.03. The van der Waals surface area contributed by atoms with Crippen LogP contribution in [0.3, 0.4) is 0 Å². The van der Waals surface area contributed by atoms with Crippen molar-refractivity contribution in [1.29, 1.82) is 0 Å². The second kappa shape index (κ2) is 5.66. The fraction of sp³-hybridized carbons (Fsp3) is 0.0625. The van der Waals surface area contributed by atoms with Crippen molar-refractivity contribution in [3.05, 3.63) is 74.1 Å². The average molecular weight is 377 g/mol. The molecule has 2 aromatic carbocycles. The zero-order chi connectivity index (χ0) is 13.9. The fourth-order valence-electron chi connectivity index (χ4n) is 2.00. The highest BCUT2D eigenvalue weighted by molar-refractivity contribution is 14.1. The number of aromatic amines is 1. The highest BCUT2D eigenvalue weighted by Gasteiger charge is 2.04. The quantitative estimate of drug-likeness (QED) is 0.708. The van der Waals surface area contributed by atoms with E-state index >= 15 is 0 Å². The number of halogens is 1. The molecule has 0 amide bonds. The summed E-state index contributed by atoms with van der Waals surface area (Å²) in [6, 6.07) is 15.5. The molecule has 0 aliphatic heterocycles. The third-order valence-electron chi connectivity index (χ3n) is 3.06. The van der Waals surface area contributed by atoms with Gasteiger partial charge in [-0.3, -0.25) is 4.79 Å². The Morgan fingerprint density at radius 1 is 1.10 bits per heavy atom. The fourth-order valence-corrected chi connectivity index (χ4v) is 2.45. The van der Waals surface area contributed by atoms with Crippen LogP contribution in [0.1, 0.15) is 5.56 Å². The van der Waals surface area contributed by atoms with Crippen LogP contribution in [0.4, 0.5) is 0 Å². The minimum atomic E-state index is 0.0320. The Morgan fingerprint density at radius 2 is 1.90 bits per heavy atom. The van der Waals surface area contributed by atoms with E-state index in [2.05, 4.69) is 4.98 Å². The smallest absolute Gasteiger partial charge is 0.202 e. The second-order valence-corrected chi connectivity index (χ2v) is 5.61. The molecule has 1 heterocycles. The van der Waals surface area contributed by atoms with E-state index in [4.69, 9.17) is 4.74 Å². The first-order chi connectivity index (χ1) is 9.74. The maximum absolute atomic E-state index is 12.1. The number of hydrogen-bond donors (Lipinski definition) is 1. The summed E-state index contributed by atoms with van der Waals surface area (Å²) in [6.07, 6.45) is 1.72. The summed E-state index contributed by atoms with van der Waals surface area (Å²) in [5.41, 5.74) is 1.95. The topological polar surface area (TPSA) is 42.1 Å². The molecule has 0 saturated carbocycles. The Hall–Kier alpha value is -1.82. The van der Waals surface area contributed by atoms with Crippen molar-refractivity contribution in [1.82, 2.24) is 4.98 Å². The van der Waals surface area contributed by atoms with Gasteiger partial charge in [-0.2, -0.15) is 0 Å². The van der Waals surface area contributed by atoms with Crippen molar-refractivity contribution in [3.8, 4) is 5.75 Å². The summed E-state index contributed by atoms with van der Waals surface area (Å²) in [7, 11) is 0. The van der Waals surface area contributed by atoms with Crippen LogP contribution in [0.2, 0.25) is 0 Å². The van der Waals surface area contributed by atoms with Crippen LogP contribution < -0.4 is 10.2 Å². The lowest BCUT2D eigenvalue weighted by molar-refractivity contribution is 0.306. The van der Waals surface area contributed by atoms with Gasteiger partial charge in [0.25, 0.3) is 0 Å². The molecule has 0 fully saturated rings. The second-order valence-electron chi connectivity index (χ2n) is 4.45. The molecule has 0 atom stereocenters. The highest BCUT2D eigenvalue weighted by atomic mass is 127. The number of aromatic nitrogens is 1. The van der Waals surface area contributed by atoms with Gasteiger partial charge in [0.05, 0.1) is 8.96 Å². The van der Waals surface area contributed by atoms with Gasteiger partial charge < -0.3 is 9.72 Å². The van der Waals surface area contributed by atoms with Crippen LogP contribution in [0.5, 0.6) is 5.75 Å². The van der Waals surface area contributed by atoms with Gasteiger partial charge in [0.2, 0.25) is 5.43 Å². The Kier molecular flexibility index (Phi) is 3.73. The number of rotatable bonds is 3. The normalized spacial score (nSPS) is 10.7. The summed E-state index contributed by atoms with van der Waals surface area (Å²) in [6.45, 7) is 0.494. The number of fused-ring (bicyclic) bond motifs is 1. The van der Waals surface area contributed by atoms with Gasteiger partial charge in [-0.15, -0.1) is 0 Å². The molecule has 0 unspecified atom stereocenters. The van der Waals surface area contributed by atoms with Crippen molar-refractivity contribution < 1.29 is 4.74 Å². The lowest BCUT2D eigenvalue weighted by atomic mass is 10.2. The Morgan fingerprint density at radius 3 is 2.70 bits per heavy atom. The number of ether oxygens (including phenoxy) is 1. The molecule has 0 aliphatic rings. The Labute approximate surface area is 129 Å². The zero-order valence-corrected chi connectivity index (χ0v) is 12.8. The number of nitrogens with one attached hydrogen (secondary N) is 1. The van der Waals surface area contributed by atoms with Crippen molar-refractivity contribution in [3.63, 3.8) is 0 Å². The van der Waals surface area contributed by atoms with E-state index in [-0.39, 0.29) is 5.43 Å². The van der Waals surface area contributed by atoms with Gasteiger partial charge in [0, 0.05) is 11.7 Å². The largest absolute Gasteiger partial charge is 0.489 e. The molecule has 1 aromatic heterocycles. The van der Waals surface area contributed by atoms with Crippen molar-refractivity contribution in [2.45, 2.75) is 6.61 Å². The summed E-state index contributed by atoms with van der Waals surface area (Å²) in [4.78, 5) is 15.2. The van der Waals surface area contributed by atoms with Crippen LogP contribution in [0, 0.1) is 3.57 Å². The molecular weight excluding hydrogens is 365 g/mol. The van der Waals surface area contributed by atoms with Gasteiger partial charge in [-0.25, -0.2) is 0 Å². The Balaban J connectivity index is 1.89. The Bertz CT molecular complexity index is 796. The van der Waals surface area contributed by atoms with Crippen LogP contribution >= 0.6 is 22.6 Å². The van der Waals surface area contributed by atoms with Gasteiger partial charge in [-0.1, -0.05) is 30.3 Å². The number of hydrogen-bond acceptors (Lipinski definition) is 2. The minimum absolute atomic E-state index is 0.0320. The molecule has 20 heavy (non-hydrogen) atoms. The predicted molar refractivity (Wildman–Crippen MR) is 88.1 cm³/mol. The third-order valence-corrected chi connectivity index (χ3v) is 3.86. The summed E-state index contributed by atoms with van der Waals surface area (Å²) in [5, 5.41) is 0.655. The SMILES string of the molecule is O=c1c(I)c[nH]c2ccc(OCc3ccccc3)cc12. The first kappa shape index (κ1) is 13.2. The zero-order valence-electron chi connectivity index (χ0n) is 10.6. The summed E-state index contributed by atoms with van der Waals surface area (Å²) in [5.74, 6) is 0.703. The van der Waals surface area contributed by atoms with E-state index in [1.165, 1.54) is 0 Å². The average Bonchev–Trinajstić information content (AvgIpc) is 2.50. The standard InChI is InChI=1S/C16H12INO2/c17-14-9-18-15-7-6-12(8-13(15)16(14)19)20-10-11-4-2-1-3-5-11/h1-9H,10H2,(H,18,19). The molecule has 3 nitrogen and oxygen atoms in total. The molecule has 0 aliphatic carbocycles. The molecular formula is C16H12INO2. The van der Waals surface area contributed by atoms with E-state index in [9.17, 15) is 4.79 Å². The van der Waals surface area contributed by atoms with E-state index in [1.807, 2.05) is 65.1 Å². The van der Waals surface area contributed by atoms with E-state index in [0.29, 0.717) is 21.3 Å². The molecule has 4 heteroatoms. The molecule has 3 aromatic rings. The van der Waals surface area contributed by atoms with Crippen LogP contribution in [-0.4, -0.2) is 4.98 Å². The van der Waals surface area contributed by atoms with E-state index in [1.54, 1.807) is 12.3 Å². The van der Waals surface area contributed by atoms with Crippen molar-refractivity contribution >= 4 is 33.5 Å². The third kappa shape index (κ3) is 2.70.